The molecule has 4 atom stereocenters. The maximum Gasteiger partial charge on any atom is 0.127 e. The molecule has 112 valence electrons. The van der Waals surface area contributed by atoms with Gasteiger partial charge in [0.2, 0.25) is 0 Å². The summed E-state index contributed by atoms with van der Waals surface area (Å²) in [6, 6.07) is 6.38. The van der Waals surface area contributed by atoms with Gasteiger partial charge in [0.25, 0.3) is 0 Å². The summed E-state index contributed by atoms with van der Waals surface area (Å²) in [5, 5.41) is 10.3. The van der Waals surface area contributed by atoms with Crippen molar-refractivity contribution < 1.29 is 9.84 Å². The Balaban J connectivity index is 2.22. The maximum absolute atomic E-state index is 10.3. The van der Waals surface area contributed by atoms with Crippen LogP contribution in [0.4, 0.5) is 0 Å². The van der Waals surface area contributed by atoms with Gasteiger partial charge in [0.1, 0.15) is 11.9 Å². The van der Waals surface area contributed by atoms with Crippen molar-refractivity contribution in [3.8, 4) is 5.75 Å². The van der Waals surface area contributed by atoms with Gasteiger partial charge in [-0.15, -0.1) is 0 Å². The minimum absolute atomic E-state index is 0.0782. The first kappa shape index (κ1) is 15.4. The zero-order valence-corrected chi connectivity index (χ0v) is 13.4. The number of hydrogen-bond acceptors (Lipinski definition) is 2. The molecule has 1 fully saturated rings. The third-order valence-corrected chi connectivity index (χ3v) is 4.41. The first-order valence-electron chi connectivity index (χ1n) is 7.83. The van der Waals surface area contributed by atoms with Crippen molar-refractivity contribution in [2.75, 3.05) is 0 Å². The van der Waals surface area contributed by atoms with E-state index in [9.17, 15) is 5.11 Å². The summed E-state index contributed by atoms with van der Waals surface area (Å²) in [5.74, 6) is 2.36. The average Bonchev–Trinajstić information content (AvgIpc) is 2.33. The molecule has 0 aliphatic heterocycles. The molecule has 0 radical (unpaired) electrons. The van der Waals surface area contributed by atoms with Crippen LogP contribution in [0, 0.1) is 18.8 Å². The van der Waals surface area contributed by atoms with Gasteiger partial charge in [0.15, 0.2) is 0 Å². The van der Waals surface area contributed by atoms with Crippen molar-refractivity contribution in [1.82, 2.24) is 0 Å². The summed E-state index contributed by atoms with van der Waals surface area (Å²) < 4.78 is 6.25. The SMILES string of the molecule is Cc1ccc(C(C)C)c(OC2C(C)CC(C)CC2O)c1. The first-order valence-corrected chi connectivity index (χ1v) is 7.83. The number of aryl methyl sites for hydroxylation is 1. The fourth-order valence-corrected chi connectivity index (χ4v) is 3.35. The van der Waals surface area contributed by atoms with E-state index in [0.717, 1.165) is 18.6 Å². The average molecular weight is 276 g/mol. The highest BCUT2D eigenvalue weighted by molar-refractivity contribution is 5.39. The molecule has 0 amide bonds. The normalized spacial score (nSPS) is 30.6. The lowest BCUT2D eigenvalue weighted by molar-refractivity contribution is -0.0393. The molecule has 0 aromatic heterocycles. The predicted octanol–water partition coefficient (Wildman–Crippen LogP) is 4.29. The molecule has 1 aliphatic rings. The van der Waals surface area contributed by atoms with Crippen molar-refractivity contribution in [1.29, 1.82) is 0 Å². The molecule has 4 unspecified atom stereocenters. The van der Waals surface area contributed by atoms with Crippen molar-refractivity contribution in [2.45, 2.75) is 65.6 Å². The fraction of sp³-hybridized carbons (Fsp3) is 0.667. The van der Waals surface area contributed by atoms with E-state index >= 15 is 0 Å². The molecule has 2 heteroatoms. The van der Waals surface area contributed by atoms with Gasteiger partial charge in [0.05, 0.1) is 6.10 Å². The van der Waals surface area contributed by atoms with Gasteiger partial charge in [-0.25, -0.2) is 0 Å². The van der Waals surface area contributed by atoms with Crippen molar-refractivity contribution >= 4 is 0 Å². The lowest BCUT2D eigenvalue weighted by Gasteiger charge is -2.37. The van der Waals surface area contributed by atoms with Crippen LogP contribution < -0.4 is 4.74 Å². The van der Waals surface area contributed by atoms with Crippen LogP contribution in [0.5, 0.6) is 5.75 Å². The summed E-state index contributed by atoms with van der Waals surface area (Å²) in [6.45, 7) is 10.8. The second-order valence-corrected chi connectivity index (χ2v) is 6.90. The van der Waals surface area contributed by atoms with Crippen LogP contribution >= 0.6 is 0 Å². The topological polar surface area (TPSA) is 29.5 Å². The molecule has 20 heavy (non-hydrogen) atoms. The Morgan fingerprint density at radius 1 is 1.20 bits per heavy atom. The molecule has 1 N–H and O–H groups in total. The Morgan fingerprint density at radius 2 is 1.90 bits per heavy atom. The van der Waals surface area contributed by atoms with E-state index in [1.165, 1.54) is 11.1 Å². The van der Waals surface area contributed by atoms with Crippen LogP contribution in [-0.2, 0) is 0 Å². The molecule has 0 saturated heterocycles. The number of hydrogen-bond donors (Lipinski definition) is 1. The Morgan fingerprint density at radius 3 is 2.50 bits per heavy atom. The summed E-state index contributed by atoms with van der Waals surface area (Å²) in [4.78, 5) is 0. The molecule has 0 spiro atoms. The molecule has 1 saturated carbocycles. The van der Waals surface area contributed by atoms with Crippen LogP contribution in [0.3, 0.4) is 0 Å². The fourth-order valence-electron chi connectivity index (χ4n) is 3.35. The van der Waals surface area contributed by atoms with Gasteiger partial charge in [0, 0.05) is 0 Å². The minimum atomic E-state index is -0.353. The van der Waals surface area contributed by atoms with E-state index in [2.05, 4.69) is 52.8 Å². The van der Waals surface area contributed by atoms with Gasteiger partial charge in [-0.1, -0.05) is 39.8 Å². The highest BCUT2D eigenvalue weighted by atomic mass is 16.5. The molecule has 0 bridgehead atoms. The Bertz CT molecular complexity index is 441. The number of ether oxygens (including phenoxy) is 1. The summed E-state index contributed by atoms with van der Waals surface area (Å²) in [6.07, 6.45) is 1.54. The van der Waals surface area contributed by atoms with E-state index in [1.54, 1.807) is 0 Å². The second-order valence-electron chi connectivity index (χ2n) is 6.90. The van der Waals surface area contributed by atoms with Crippen LogP contribution in [-0.4, -0.2) is 17.3 Å². The van der Waals surface area contributed by atoms with Gasteiger partial charge in [-0.2, -0.15) is 0 Å². The summed E-state index contributed by atoms with van der Waals surface area (Å²) >= 11 is 0. The Kier molecular flexibility index (Phi) is 4.74. The van der Waals surface area contributed by atoms with Gasteiger partial charge >= 0.3 is 0 Å². The largest absolute Gasteiger partial charge is 0.487 e. The lowest BCUT2D eigenvalue weighted by atomic mass is 9.79. The quantitative estimate of drug-likeness (QED) is 0.892. The maximum atomic E-state index is 10.3. The molecule has 1 aromatic rings. The number of aliphatic hydroxyl groups excluding tert-OH is 1. The highest BCUT2D eigenvalue weighted by Crippen LogP contribution is 2.35. The van der Waals surface area contributed by atoms with Crippen molar-refractivity contribution in [2.24, 2.45) is 11.8 Å². The number of benzene rings is 1. The second kappa shape index (κ2) is 6.17. The van der Waals surface area contributed by atoms with Gasteiger partial charge < -0.3 is 9.84 Å². The van der Waals surface area contributed by atoms with Crippen LogP contribution in [0.15, 0.2) is 18.2 Å². The lowest BCUT2D eigenvalue weighted by Crippen LogP contribution is -2.43. The summed E-state index contributed by atoms with van der Waals surface area (Å²) in [7, 11) is 0. The first-order chi connectivity index (χ1) is 9.38. The molecule has 1 aliphatic carbocycles. The van der Waals surface area contributed by atoms with E-state index in [-0.39, 0.29) is 12.2 Å². The van der Waals surface area contributed by atoms with E-state index in [0.29, 0.717) is 17.8 Å². The monoisotopic (exact) mass is 276 g/mol. The van der Waals surface area contributed by atoms with Crippen LogP contribution in [0.2, 0.25) is 0 Å². The minimum Gasteiger partial charge on any atom is -0.487 e. The molecule has 2 rings (SSSR count). The van der Waals surface area contributed by atoms with E-state index in [1.807, 2.05) is 0 Å². The third-order valence-electron chi connectivity index (χ3n) is 4.41. The Hall–Kier alpha value is -1.02. The molecule has 2 nitrogen and oxygen atoms in total. The molecule has 0 heterocycles. The van der Waals surface area contributed by atoms with Crippen molar-refractivity contribution in [3.05, 3.63) is 29.3 Å². The molecular weight excluding hydrogens is 248 g/mol. The van der Waals surface area contributed by atoms with Crippen LogP contribution in [0.25, 0.3) is 0 Å². The molecule has 1 aromatic carbocycles. The summed E-state index contributed by atoms with van der Waals surface area (Å²) in [5.41, 5.74) is 2.43. The predicted molar refractivity (Wildman–Crippen MR) is 83.3 cm³/mol. The highest BCUT2D eigenvalue weighted by Gasteiger charge is 2.34. The standard InChI is InChI=1S/C18H28O2/c1-11(2)15-7-6-12(3)10-17(15)20-18-14(5)8-13(4)9-16(18)19/h6-7,10-11,13-14,16,18-19H,8-9H2,1-5H3. The van der Waals surface area contributed by atoms with E-state index in [4.69, 9.17) is 4.74 Å². The van der Waals surface area contributed by atoms with Gasteiger partial charge in [-0.3, -0.25) is 0 Å². The van der Waals surface area contributed by atoms with Gasteiger partial charge in [-0.05, 0) is 54.7 Å². The zero-order chi connectivity index (χ0) is 14.9. The third kappa shape index (κ3) is 3.35. The molecular formula is C18H28O2. The van der Waals surface area contributed by atoms with Crippen LogP contribution in [0.1, 0.15) is 57.6 Å². The zero-order valence-electron chi connectivity index (χ0n) is 13.4. The number of aliphatic hydroxyl groups is 1. The van der Waals surface area contributed by atoms with E-state index < -0.39 is 0 Å². The van der Waals surface area contributed by atoms with Crippen molar-refractivity contribution in [3.63, 3.8) is 0 Å². The number of rotatable bonds is 3. The smallest absolute Gasteiger partial charge is 0.127 e. The Labute approximate surface area is 123 Å².